The molecule has 3 heterocycles. The highest BCUT2D eigenvalue weighted by atomic mass is 35.5. The molecule has 37 heavy (non-hydrogen) atoms. The molecule has 0 saturated heterocycles. The summed E-state index contributed by atoms with van der Waals surface area (Å²) in [5, 5.41) is 24.3. The van der Waals surface area contributed by atoms with Gasteiger partial charge in [0, 0.05) is 47.6 Å². The zero-order valence-corrected chi connectivity index (χ0v) is 20.6. The van der Waals surface area contributed by atoms with Gasteiger partial charge >= 0.3 is 5.97 Å². The molecule has 0 saturated carbocycles. The van der Waals surface area contributed by atoms with Crippen LogP contribution in [0.2, 0.25) is 5.02 Å². The van der Waals surface area contributed by atoms with Crippen molar-refractivity contribution in [3.05, 3.63) is 88.2 Å². The van der Waals surface area contributed by atoms with Crippen molar-refractivity contribution >= 4 is 35.2 Å². The summed E-state index contributed by atoms with van der Waals surface area (Å²) in [7, 11) is 0. The Morgan fingerprint density at radius 2 is 2.05 bits per heavy atom. The maximum atomic E-state index is 13.4. The van der Waals surface area contributed by atoms with Crippen LogP contribution in [0.5, 0.6) is 0 Å². The second-order valence-electron chi connectivity index (χ2n) is 8.54. The number of imidazole rings is 1. The summed E-state index contributed by atoms with van der Waals surface area (Å²) in [5.41, 5.74) is 4.15. The van der Waals surface area contributed by atoms with Gasteiger partial charge < -0.3 is 20.3 Å². The lowest BCUT2D eigenvalue weighted by Gasteiger charge is -2.34. The molecule has 0 spiro atoms. The van der Waals surface area contributed by atoms with E-state index in [4.69, 9.17) is 16.7 Å². The Bertz CT molecular complexity index is 1460. The van der Waals surface area contributed by atoms with Gasteiger partial charge in [-0.25, -0.2) is 9.78 Å². The largest absolute Gasteiger partial charge is 0.478 e. The quantitative estimate of drug-likeness (QED) is 0.316. The van der Waals surface area contributed by atoms with Crippen LogP contribution >= 0.6 is 11.6 Å². The van der Waals surface area contributed by atoms with Crippen molar-refractivity contribution in [3.8, 4) is 5.69 Å². The Morgan fingerprint density at radius 3 is 2.78 bits per heavy atom. The highest BCUT2D eigenvalue weighted by Gasteiger charge is 2.32. The molecule has 1 aliphatic rings. The van der Waals surface area contributed by atoms with Crippen molar-refractivity contribution in [1.29, 1.82) is 0 Å². The molecule has 4 aromatic rings. The number of carboxylic acids is 1. The molecular weight excluding hydrogens is 496 g/mol. The van der Waals surface area contributed by atoms with Crippen molar-refractivity contribution in [2.75, 3.05) is 18.4 Å². The number of aromatic amines is 1. The van der Waals surface area contributed by atoms with Gasteiger partial charge in [0.1, 0.15) is 12.2 Å². The summed E-state index contributed by atoms with van der Waals surface area (Å²) in [5.74, 6) is -0.375. The number of H-pyrrole nitrogens is 1. The Balaban J connectivity index is 1.39. The summed E-state index contributed by atoms with van der Waals surface area (Å²) < 4.78 is 1.50. The van der Waals surface area contributed by atoms with Crippen LogP contribution in [0.25, 0.3) is 11.8 Å². The zero-order chi connectivity index (χ0) is 25.9. The lowest BCUT2D eigenvalue weighted by Crippen LogP contribution is -2.42. The average molecular weight is 519 g/mol. The summed E-state index contributed by atoms with van der Waals surface area (Å²) in [6.45, 7) is 2.80. The number of tetrazole rings is 1. The van der Waals surface area contributed by atoms with Crippen molar-refractivity contribution in [3.63, 3.8) is 0 Å². The van der Waals surface area contributed by atoms with Gasteiger partial charge in [-0.1, -0.05) is 11.6 Å². The number of nitrogens with one attached hydrogen (secondary N) is 2. The molecule has 0 bridgehead atoms. The van der Waals surface area contributed by atoms with Gasteiger partial charge in [-0.15, -0.1) is 5.10 Å². The first-order valence-electron chi connectivity index (χ1n) is 11.5. The molecule has 1 unspecified atom stereocenters. The van der Waals surface area contributed by atoms with Crippen LogP contribution in [0, 0.1) is 6.92 Å². The van der Waals surface area contributed by atoms with Gasteiger partial charge in [-0.05, 0) is 65.9 Å². The Kier molecular flexibility index (Phi) is 6.69. The molecule has 2 aromatic heterocycles. The summed E-state index contributed by atoms with van der Waals surface area (Å²) in [6, 6.07) is 11.4. The van der Waals surface area contributed by atoms with Crippen LogP contribution in [0.3, 0.4) is 0 Å². The number of amides is 1. The molecule has 1 amide bonds. The lowest BCUT2D eigenvalue weighted by molar-refractivity contribution is -0.128. The van der Waals surface area contributed by atoms with E-state index in [1.165, 1.54) is 29.2 Å². The number of rotatable bonds is 7. The van der Waals surface area contributed by atoms with Gasteiger partial charge in [0.2, 0.25) is 5.91 Å². The third kappa shape index (κ3) is 5.21. The third-order valence-electron chi connectivity index (χ3n) is 6.13. The van der Waals surface area contributed by atoms with Gasteiger partial charge in [0.15, 0.2) is 0 Å². The third-order valence-corrected chi connectivity index (χ3v) is 6.36. The molecule has 12 heteroatoms. The van der Waals surface area contributed by atoms with Crippen molar-refractivity contribution in [2.24, 2.45) is 0 Å². The summed E-state index contributed by atoms with van der Waals surface area (Å²) in [6.07, 6.45) is 5.34. The van der Waals surface area contributed by atoms with E-state index < -0.39 is 5.97 Å². The minimum atomic E-state index is -0.984. The van der Waals surface area contributed by atoms with E-state index in [1.807, 2.05) is 6.92 Å². The van der Waals surface area contributed by atoms with E-state index in [1.54, 1.807) is 41.3 Å². The number of nitrogens with zero attached hydrogens (tertiary/aromatic N) is 6. The van der Waals surface area contributed by atoms with Gasteiger partial charge in [0.05, 0.1) is 23.0 Å². The second-order valence-corrected chi connectivity index (χ2v) is 8.97. The normalized spacial score (nSPS) is 15.1. The first-order valence-corrected chi connectivity index (χ1v) is 11.9. The molecule has 1 atom stereocenters. The standard InChI is InChI=1S/C25H23ClN8O3/c1-15-29-20-10-11-33(22(24(20)30-15)13-27-19-6-2-16(3-7-19)25(36)37)23(35)9-4-17-12-18(26)5-8-21(17)34-14-28-31-32-34/h2-9,12,14,22,27H,10-11,13H2,1H3,(H,29,30)(H,36,37). The molecule has 1 aliphatic heterocycles. The van der Waals surface area contributed by atoms with Crippen LogP contribution < -0.4 is 5.32 Å². The van der Waals surface area contributed by atoms with Crippen molar-refractivity contribution in [2.45, 2.75) is 19.4 Å². The monoisotopic (exact) mass is 518 g/mol. The predicted octanol–water partition coefficient (Wildman–Crippen LogP) is 3.30. The molecule has 0 radical (unpaired) electrons. The molecule has 0 aliphatic carbocycles. The molecular formula is C25H23ClN8O3. The Morgan fingerprint density at radius 1 is 1.24 bits per heavy atom. The number of aryl methyl sites for hydroxylation is 1. The fourth-order valence-corrected chi connectivity index (χ4v) is 4.55. The van der Waals surface area contributed by atoms with E-state index in [9.17, 15) is 9.59 Å². The molecule has 3 N–H and O–H groups in total. The summed E-state index contributed by atoms with van der Waals surface area (Å²) in [4.78, 5) is 34.3. The number of carbonyl (C=O) groups is 2. The van der Waals surface area contributed by atoms with Gasteiger partial charge in [-0.2, -0.15) is 4.68 Å². The number of benzene rings is 2. The number of hydrogen-bond donors (Lipinski definition) is 3. The second kappa shape index (κ2) is 10.2. The van der Waals surface area contributed by atoms with Crippen molar-refractivity contribution < 1.29 is 14.7 Å². The number of aromatic nitrogens is 6. The minimum Gasteiger partial charge on any atom is -0.478 e. The molecule has 188 valence electrons. The first-order chi connectivity index (χ1) is 17.9. The Hall–Kier alpha value is -4.51. The topological polar surface area (TPSA) is 142 Å². The number of halogens is 1. The maximum absolute atomic E-state index is 13.4. The average Bonchev–Trinajstić information content (AvgIpc) is 3.55. The van der Waals surface area contributed by atoms with E-state index in [2.05, 4.69) is 30.8 Å². The number of aromatic carboxylic acids is 1. The first kappa shape index (κ1) is 24.2. The fraction of sp³-hybridized carbons (Fsp3) is 0.200. The molecule has 0 fully saturated rings. The highest BCUT2D eigenvalue weighted by Crippen LogP contribution is 2.29. The smallest absolute Gasteiger partial charge is 0.335 e. The van der Waals surface area contributed by atoms with Crippen LogP contribution in [0.4, 0.5) is 5.69 Å². The maximum Gasteiger partial charge on any atom is 0.335 e. The van der Waals surface area contributed by atoms with E-state index in [-0.39, 0.29) is 17.5 Å². The number of anilines is 1. The predicted molar refractivity (Wildman–Crippen MR) is 137 cm³/mol. The van der Waals surface area contributed by atoms with Gasteiger partial charge in [0.25, 0.3) is 0 Å². The molecule has 2 aromatic carbocycles. The van der Waals surface area contributed by atoms with E-state index in [0.29, 0.717) is 35.8 Å². The van der Waals surface area contributed by atoms with Crippen molar-refractivity contribution in [1.82, 2.24) is 35.1 Å². The number of hydrogen-bond acceptors (Lipinski definition) is 7. The van der Waals surface area contributed by atoms with E-state index >= 15 is 0 Å². The Labute approximate surface area is 216 Å². The number of fused-ring (bicyclic) bond motifs is 1. The SMILES string of the molecule is Cc1nc2c([nH]1)CCN(C(=O)C=Cc1cc(Cl)ccc1-n1cnnn1)C2CNc1ccc(C(=O)O)cc1. The highest BCUT2D eigenvalue weighted by molar-refractivity contribution is 6.30. The number of carbonyl (C=O) groups excluding carboxylic acids is 1. The fourth-order valence-electron chi connectivity index (χ4n) is 4.37. The van der Waals surface area contributed by atoms with Crippen LogP contribution in [-0.4, -0.2) is 65.1 Å². The molecule has 5 rings (SSSR count). The summed E-state index contributed by atoms with van der Waals surface area (Å²) >= 11 is 6.21. The van der Waals surface area contributed by atoms with Crippen LogP contribution in [0.1, 0.15) is 39.2 Å². The lowest BCUT2D eigenvalue weighted by atomic mass is 10.0. The van der Waals surface area contributed by atoms with Crippen LogP contribution in [-0.2, 0) is 11.2 Å². The van der Waals surface area contributed by atoms with E-state index in [0.717, 1.165) is 22.9 Å². The van der Waals surface area contributed by atoms with Gasteiger partial charge in [-0.3, -0.25) is 4.79 Å². The molecule has 11 nitrogen and oxygen atoms in total. The zero-order valence-electron chi connectivity index (χ0n) is 19.8. The minimum absolute atomic E-state index is 0.179. The van der Waals surface area contributed by atoms with Crippen LogP contribution in [0.15, 0.2) is 54.9 Å². The number of carboxylic acid groups (broad SMARTS) is 1.